The lowest BCUT2D eigenvalue weighted by atomic mass is 9.81. The first kappa shape index (κ1) is 19.4. The molecule has 1 aromatic rings. The van der Waals surface area contributed by atoms with Crippen LogP contribution in [0, 0.1) is 11.8 Å². The molecule has 2 amide bonds. The Hall–Kier alpha value is -1.93. The van der Waals surface area contributed by atoms with Crippen LogP contribution < -0.4 is 4.74 Å². The summed E-state index contributed by atoms with van der Waals surface area (Å²) in [5, 5.41) is 0. The fourth-order valence-electron chi connectivity index (χ4n) is 4.66. The molecule has 8 heteroatoms. The molecule has 152 valence electrons. The minimum atomic E-state index is -3.67. The number of benzene rings is 1. The number of imide groups is 1. The maximum Gasteiger partial charge on any atom is 0.246 e. The molecule has 2 saturated heterocycles. The van der Waals surface area contributed by atoms with Gasteiger partial charge in [0.25, 0.3) is 0 Å². The van der Waals surface area contributed by atoms with Gasteiger partial charge in [0, 0.05) is 13.1 Å². The summed E-state index contributed by atoms with van der Waals surface area (Å²) in [4.78, 5) is 26.9. The van der Waals surface area contributed by atoms with Crippen LogP contribution in [0.5, 0.6) is 5.75 Å². The van der Waals surface area contributed by atoms with Gasteiger partial charge in [-0.15, -0.1) is 0 Å². The van der Waals surface area contributed by atoms with Gasteiger partial charge in [-0.2, -0.15) is 4.31 Å². The molecule has 1 aromatic carbocycles. The maximum absolute atomic E-state index is 13.0. The highest BCUT2D eigenvalue weighted by molar-refractivity contribution is 7.89. The Bertz CT molecular complexity index is 868. The number of nitrogens with zero attached hydrogens (tertiary/aromatic N) is 2. The Balaban J connectivity index is 1.62. The zero-order valence-corrected chi connectivity index (χ0v) is 16.9. The second kappa shape index (κ2) is 7.48. The van der Waals surface area contributed by atoms with Crippen molar-refractivity contribution in [1.29, 1.82) is 0 Å². The summed E-state index contributed by atoms with van der Waals surface area (Å²) < 4.78 is 32.8. The van der Waals surface area contributed by atoms with Gasteiger partial charge >= 0.3 is 0 Å². The van der Waals surface area contributed by atoms with Crippen molar-refractivity contribution in [2.24, 2.45) is 11.8 Å². The number of ether oxygens (including phenoxy) is 1. The average Bonchev–Trinajstić information content (AvgIpc) is 3.33. The van der Waals surface area contributed by atoms with Gasteiger partial charge in [0.15, 0.2) is 0 Å². The summed E-state index contributed by atoms with van der Waals surface area (Å²) in [5.74, 6) is -0.355. The highest BCUT2D eigenvalue weighted by Crippen LogP contribution is 2.39. The number of methoxy groups -OCH3 is 1. The monoisotopic (exact) mass is 406 g/mol. The second-order valence-corrected chi connectivity index (χ2v) is 9.76. The van der Waals surface area contributed by atoms with Gasteiger partial charge in [-0.3, -0.25) is 14.5 Å². The zero-order valence-electron chi connectivity index (χ0n) is 16.1. The van der Waals surface area contributed by atoms with Crippen LogP contribution in [0.25, 0.3) is 0 Å². The molecule has 2 heterocycles. The summed E-state index contributed by atoms with van der Waals surface area (Å²) in [6.07, 6.45) is 5.19. The van der Waals surface area contributed by atoms with E-state index in [-0.39, 0.29) is 40.8 Å². The summed E-state index contributed by atoms with van der Waals surface area (Å²) >= 11 is 0. The minimum absolute atomic E-state index is 0.103. The fraction of sp³-hybridized carbons (Fsp3) is 0.600. The maximum atomic E-state index is 13.0. The van der Waals surface area contributed by atoms with Crippen LogP contribution in [0.2, 0.25) is 0 Å². The van der Waals surface area contributed by atoms with Crippen LogP contribution >= 0.6 is 0 Å². The number of carbonyl (C=O) groups is 2. The van der Waals surface area contributed by atoms with Crippen molar-refractivity contribution in [2.45, 2.75) is 50.0 Å². The van der Waals surface area contributed by atoms with E-state index < -0.39 is 10.0 Å². The molecular formula is C20H26N2O5S. The smallest absolute Gasteiger partial charge is 0.246 e. The third-order valence-electron chi connectivity index (χ3n) is 6.18. The molecule has 4 rings (SSSR count). The standard InChI is InChI=1S/C20H26N2O5S/c1-27-17-9-8-14(12-18(17)28(25,26)21-10-4-5-11-21)13-22-19(23)15-6-2-3-7-16(15)20(22)24/h8-9,12,15-16H,2-7,10-11,13H2,1H3/t15-,16-/m1/s1. The van der Waals surface area contributed by atoms with Gasteiger partial charge in [0.1, 0.15) is 10.6 Å². The normalized spacial score (nSPS) is 26.0. The number of sulfonamides is 1. The second-order valence-electron chi connectivity index (χ2n) is 7.86. The van der Waals surface area contributed by atoms with E-state index >= 15 is 0 Å². The molecule has 1 saturated carbocycles. The Kier molecular flexibility index (Phi) is 5.18. The predicted molar refractivity (Wildman–Crippen MR) is 102 cm³/mol. The van der Waals surface area contributed by atoms with E-state index in [2.05, 4.69) is 0 Å². The van der Waals surface area contributed by atoms with Gasteiger partial charge in [0.2, 0.25) is 21.8 Å². The largest absolute Gasteiger partial charge is 0.495 e. The number of hydrogen-bond acceptors (Lipinski definition) is 5. The van der Waals surface area contributed by atoms with Gasteiger partial charge in [-0.25, -0.2) is 8.42 Å². The Labute approximate surface area is 165 Å². The first-order chi connectivity index (χ1) is 13.4. The molecule has 3 fully saturated rings. The third kappa shape index (κ3) is 3.22. The summed E-state index contributed by atoms with van der Waals surface area (Å²) in [6.45, 7) is 1.11. The van der Waals surface area contributed by atoms with Gasteiger partial charge in [0.05, 0.1) is 25.5 Å². The number of fused-ring (bicyclic) bond motifs is 1. The molecule has 7 nitrogen and oxygen atoms in total. The molecule has 2 aliphatic heterocycles. The van der Waals surface area contributed by atoms with E-state index in [4.69, 9.17) is 4.74 Å². The van der Waals surface area contributed by atoms with Gasteiger partial charge < -0.3 is 4.74 Å². The molecule has 0 unspecified atom stereocenters. The van der Waals surface area contributed by atoms with E-state index in [1.54, 1.807) is 18.2 Å². The van der Waals surface area contributed by atoms with E-state index in [1.165, 1.54) is 16.3 Å². The molecule has 1 aliphatic carbocycles. The quantitative estimate of drug-likeness (QED) is 0.700. The fourth-order valence-corrected chi connectivity index (χ4v) is 6.38. The molecule has 2 atom stereocenters. The Morgan fingerprint density at radius 1 is 1.00 bits per heavy atom. The van der Waals surface area contributed by atoms with Crippen molar-refractivity contribution in [2.75, 3.05) is 20.2 Å². The highest BCUT2D eigenvalue weighted by atomic mass is 32.2. The number of rotatable bonds is 5. The minimum Gasteiger partial charge on any atom is -0.495 e. The molecule has 0 radical (unpaired) electrons. The van der Waals surface area contributed by atoms with Crippen LogP contribution in [0.4, 0.5) is 0 Å². The van der Waals surface area contributed by atoms with Gasteiger partial charge in [-0.05, 0) is 43.4 Å². The van der Waals surface area contributed by atoms with E-state index in [0.717, 1.165) is 38.5 Å². The number of likely N-dealkylation sites (tertiary alicyclic amines) is 1. The lowest BCUT2D eigenvalue weighted by Crippen LogP contribution is -2.31. The van der Waals surface area contributed by atoms with Crippen molar-refractivity contribution < 1.29 is 22.7 Å². The Morgan fingerprint density at radius 2 is 1.61 bits per heavy atom. The van der Waals surface area contributed by atoms with Crippen LogP contribution in [0.1, 0.15) is 44.1 Å². The molecule has 0 bridgehead atoms. The van der Waals surface area contributed by atoms with Crippen LogP contribution in [-0.2, 0) is 26.2 Å². The highest BCUT2D eigenvalue weighted by Gasteiger charge is 2.48. The molecular weight excluding hydrogens is 380 g/mol. The van der Waals surface area contributed by atoms with Crippen LogP contribution in [0.15, 0.2) is 23.1 Å². The van der Waals surface area contributed by atoms with Gasteiger partial charge in [-0.1, -0.05) is 18.9 Å². The van der Waals surface area contributed by atoms with Crippen LogP contribution in [0.3, 0.4) is 0 Å². The summed E-state index contributed by atoms with van der Waals surface area (Å²) in [7, 11) is -2.22. The number of hydrogen-bond donors (Lipinski definition) is 0. The topological polar surface area (TPSA) is 84.0 Å². The molecule has 0 aromatic heterocycles. The van der Waals surface area contributed by atoms with Crippen molar-refractivity contribution >= 4 is 21.8 Å². The van der Waals surface area contributed by atoms with Crippen molar-refractivity contribution in [1.82, 2.24) is 9.21 Å². The van der Waals surface area contributed by atoms with Crippen LogP contribution in [-0.4, -0.2) is 49.6 Å². The summed E-state index contributed by atoms with van der Waals surface area (Å²) in [6, 6.07) is 4.88. The van der Waals surface area contributed by atoms with Crippen molar-refractivity contribution in [3.05, 3.63) is 23.8 Å². The molecule has 0 spiro atoms. The number of carbonyl (C=O) groups excluding carboxylic acids is 2. The SMILES string of the molecule is COc1ccc(CN2C(=O)[C@@H]3CCCC[C@H]3C2=O)cc1S(=O)(=O)N1CCCC1. The lowest BCUT2D eigenvalue weighted by molar-refractivity contribution is -0.140. The predicted octanol–water partition coefficient (Wildman–Crippen LogP) is 2.15. The zero-order chi connectivity index (χ0) is 19.9. The number of amides is 2. The molecule has 3 aliphatic rings. The van der Waals surface area contributed by atoms with E-state index in [9.17, 15) is 18.0 Å². The molecule has 0 N–H and O–H groups in total. The molecule has 28 heavy (non-hydrogen) atoms. The third-order valence-corrected chi connectivity index (χ3v) is 8.10. The summed E-state index contributed by atoms with van der Waals surface area (Å²) in [5.41, 5.74) is 0.624. The first-order valence-electron chi connectivity index (χ1n) is 9.96. The van der Waals surface area contributed by atoms with Crippen molar-refractivity contribution in [3.8, 4) is 5.75 Å². The van der Waals surface area contributed by atoms with E-state index in [0.29, 0.717) is 18.7 Å². The lowest BCUT2D eigenvalue weighted by Gasteiger charge is -2.20. The van der Waals surface area contributed by atoms with Crippen molar-refractivity contribution in [3.63, 3.8) is 0 Å². The first-order valence-corrected chi connectivity index (χ1v) is 11.4. The van der Waals surface area contributed by atoms with E-state index in [1.807, 2.05) is 0 Å². The average molecular weight is 407 g/mol. The Morgan fingerprint density at radius 3 is 2.18 bits per heavy atom.